The zero-order chi connectivity index (χ0) is 12.3. The number of rotatable bonds is 5. The minimum absolute atomic E-state index is 0.392. The number of anilines is 2. The number of fused-ring (bicyclic) bond motifs is 1. The number of nitrogens with two attached hydrogens (primary N) is 1. The molecular weight excluding hydrogens is 234 g/mol. The summed E-state index contributed by atoms with van der Waals surface area (Å²) < 4.78 is 0. The first-order chi connectivity index (χ1) is 8.24. The Balaban J connectivity index is 2.33. The number of hydrazine groups is 1. The van der Waals surface area contributed by atoms with Crippen LogP contribution in [0.15, 0.2) is 11.4 Å². The third-order valence-electron chi connectivity index (χ3n) is 2.56. The minimum atomic E-state index is 0.392. The largest absolute Gasteiger partial charge is 0.367 e. The first-order valence-corrected chi connectivity index (χ1v) is 6.61. The van der Waals surface area contributed by atoms with Crippen molar-refractivity contribution in [1.82, 2.24) is 9.97 Å². The fraction of sp³-hybridized carbons (Fsp3) is 0.455. The number of aromatic nitrogens is 2. The molecule has 6 heteroatoms. The first-order valence-electron chi connectivity index (χ1n) is 5.73. The second kappa shape index (κ2) is 5.29. The molecule has 0 aliphatic carbocycles. The molecule has 0 radical (unpaired) electrons. The van der Waals surface area contributed by atoms with Gasteiger partial charge in [-0.1, -0.05) is 13.3 Å². The lowest BCUT2D eigenvalue weighted by atomic mass is 10.2. The standard InChI is InChI=1S/C11H17N5S/c1-3-4-7(2)13-9-8-5-6-17-10(8)15-11(14-9)16-12/h5-7H,3-4,12H2,1-2H3,(H2,13,14,15,16). The molecule has 4 N–H and O–H groups in total. The van der Waals surface area contributed by atoms with E-state index in [1.807, 2.05) is 11.4 Å². The smallest absolute Gasteiger partial charge is 0.240 e. The summed E-state index contributed by atoms with van der Waals surface area (Å²) in [5.41, 5.74) is 2.50. The fourth-order valence-corrected chi connectivity index (χ4v) is 2.53. The number of nitrogens with one attached hydrogen (secondary N) is 2. The molecule has 0 spiro atoms. The van der Waals surface area contributed by atoms with Crippen LogP contribution < -0.4 is 16.6 Å². The Bertz CT molecular complexity index is 496. The molecule has 2 aromatic heterocycles. The van der Waals surface area contributed by atoms with Crippen LogP contribution in [-0.2, 0) is 0 Å². The van der Waals surface area contributed by atoms with Gasteiger partial charge in [-0.15, -0.1) is 11.3 Å². The summed E-state index contributed by atoms with van der Waals surface area (Å²) in [5, 5.41) is 6.47. The highest BCUT2D eigenvalue weighted by molar-refractivity contribution is 7.16. The average Bonchev–Trinajstić information content (AvgIpc) is 2.77. The number of hydrogen-bond acceptors (Lipinski definition) is 6. The van der Waals surface area contributed by atoms with Crippen LogP contribution in [0.2, 0.25) is 0 Å². The van der Waals surface area contributed by atoms with Gasteiger partial charge in [0, 0.05) is 6.04 Å². The predicted molar refractivity (Wildman–Crippen MR) is 73.2 cm³/mol. The van der Waals surface area contributed by atoms with Gasteiger partial charge in [0.15, 0.2) is 0 Å². The van der Waals surface area contributed by atoms with E-state index in [9.17, 15) is 0 Å². The maximum Gasteiger partial charge on any atom is 0.240 e. The van der Waals surface area contributed by atoms with Gasteiger partial charge in [0.2, 0.25) is 5.95 Å². The Morgan fingerprint density at radius 3 is 3.00 bits per heavy atom. The molecule has 5 nitrogen and oxygen atoms in total. The molecule has 2 aromatic rings. The summed E-state index contributed by atoms with van der Waals surface area (Å²) >= 11 is 1.58. The second-order valence-electron chi connectivity index (χ2n) is 4.01. The normalized spacial score (nSPS) is 12.6. The van der Waals surface area contributed by atoms with Crippen LogP contribution in [0.4, 0.5) is 11.8 Å². The van der Waals surface area contributed by atoms with E-state index >= 15 is 0 Å². The highest BCUT2D eigenvalue weighted by Gasteiger charge is 2.10. The Morgan fingerprint density at radius 2 is 2.29 bits per heavy atom. The molecule has 1 unspecified atom stereocenters. The summed E-state index contributed by atoms with van der Waals surface area (Å²) in [5.74, 6) is 6.67. The molecule has 0 aliphatic heterocycles. The summed E-state index contributed by atoms with van der Waals surface area (Å²) in [4.78, 5) is 9.60. The molecule has 0 aromatic carbocycles. The second-order valence-corrected chi connectivity index (χ2v) is 4.91. The highest BCUT2D eigenvalue weighted by Crippen LogP contribution is 2.26. The topological polar surface area (TPSA) is 75.9 Å². The lowest BCUT2D eigenvalue weighted by Gasteiger charge is -2.14. The van der Waals surface area contributed by atoms with Gasteiger partial charge in [-0.25, -0.2) is 10.8 Å². The third kappa shape index (κ3) is 2.65. The minimum Gasteiger partial charge on any atom is -0.367 e. The Morgan fingerprint density at radius 1 is 1.47 bits per heavy atom. The van der Waals surface area contributed by atoms with Crippen molar-refractivity contribution >= 4 is 33.3 Å². The zero-order valence-corrected chi connectivity index (χ0v) is 10.8. The third-order valence-corrected chi connectivity index (χ3v) is 3.37. The van der Waals surface area contributed by atoms with Crippen molar-refractivity contribution < 1.29 is 0 Å². The van der Waals surface area contributed by atoms with Gasteiger partial charge in [-0.2, -0.15) is 4.98 Å². The van der Waals surface area contributed by atoms with Crippen LogP contribution in [0.3, 0.4) is 0 Å². The van der Waals surface area contributed by atoms with E-state index in [1.165, 1.54) is 0 Å². The number of nitrogen functional groups attached to an aromatic ring is 1. The van der Waals surface area contributed by atoms with E-state index in [1.54, 1.807) is 11.3 Å². The van der Waals surface area contributed by atoms with Crippen molar-refractivity contribution in [1.29, 1.82) is 0 Å². The molecular formula is C11H17N5S. The van der Waals surface area contributed by atoms with Crippen molar-refractivity contribution in [3.8, 4) is 0 Å². The molecule has 0 saturated carbocycles. The maximum atomic E-state index is 5.37. The lowest BCUT2D eigenvalue weighted by Crippen LogP contribution is -2.17. The van der Waals surface area contributed by atoms with Gasteiger partial charge in [0.25, 0.3) is 0 Å². The quantitative estimate of drug-likeness (QED) is 0.562. The average molecular weight is 251 g/mol. The van der Waals surface area contributed by atoms with Crippen LogP contribution in [0, 0.1) is 0 Å². The molecule has 0 fully saturated rings. The summed E-state index contributed by atoms with van der Waals surface area (Å²) in [6.45, 7) is 4.32. The Labute approximate surface area is 104 Å². The van der Waals surface area contributed by atoms with Crippen LogP contribution in [0.5, 0.6) is 0 Å². The predicted octanol–water partition coefficient (Wildman–Crippen LogP) is 2.58. The SMILES string of the molecule is CCCC(C)Nc1nc(NN)nc2sccc12. The van der Waals surface area contributed by atoms with Crippen molar-refractivity contribution in [2.75, 3.05) is 10.7 Å². The summed E-state index contributed by atoms with van der Waals surface area (Å²) in [7, 11) is 0. The van der Waals surface area contributed by atoms with Gasteiger partial charge in [-0.05, 0) is 24.8 Å². The zero-order valence-electron chi connectivity index (χ0n) is 10.0. The first kappa shape index (κ1) is 12.1. The molecule has 92 valence electrons. The fourth-order valence-electron chi connectivity index (χ4n) is 1.77. The van der Waals surface area contributed by atoms with Crippen LogP contribution in [0.25, 0.3) is 10.2 Å². The molecule has 0 aliphatic rings. The molecule has 17 heavy (non-hydrogen) atoms. The Hall–Kier alpha value is -1.40. The number of thiophene rings is 1. The monoisotopic (exact) mass is 251 g/mol. The van der Waals surface area contributed by atoms with E-state index in [-0.39, 0.29) is 0 Å². The Kier molecular flexibility index (Phi) is 3.75. The molecule has 0 amide bonds. The lowest BCUT2D eigenvalue weighted by molar-refractivity contribution is 0.688. The number of nitrogens with zero attached hydrogens (tertiary/aromatic N) is 2. The summed E-state index contributed by atoms with van der Waals surface area (Å²) in [6.07, 6.45) is 2.26. The number of hydrogen-bond donors (Lipinski definition) is 3. The van der Waals surface area contributed by atoms with Gasteiger partial charge in [-0.3, -0.25) is 5.43 Å². The van der Waals surface area contributed by atoms with Crippen molar-refractivity contribution in [2.24, 2.45) is 5.84 Å². The van der Waals surface area contributed by atoms with Crippen LogP contribution >= 0.6 is 11.3 Å². The van der Waals surface area contributed by atoms with Gasteiger partial charge >= 0.3 is 0 Å². The molecule has 2 heterocycles. The van der Waals surface area contributed by atoms with E-state index < -0.39 is 0 Å². The van der Waals surface area contributed by atoms with E-state index in [2.05, 4.69) is 34.6 Å². The van der Waals surface area contributed by atoms with E-state index in [0.717, 1.165) is 28.9 Å². The van der Waals surface area contributed by atoms with Crippen molar-refractivity contribution in [2.45, 2.75) is 32.7 Å². The molecule has 1 atom stereocenters. The van der Waals surface area contributed by atoms with Gasteiger partial charge in [0.1, 0.15) is 10.6 Å². The highest BCUT2D eigenvalue weighted by atomic mass is 32.1. The van der Waals surface area contributed by atoms with Crippen molar-refractivity contribution in [3.63, 3.8) is 0 Å². The van der Waals surface area contributed by atoms with Crippen LogP contribution in [0.1, 0.15) is 26.7 Å². The molecule has 2 rings (SSSR count). The van der Waals surface area contributed by atoms with Gasteiger partial charge < -0.3 is 5.32 Å². The van der Waals surface area contributed by atoms with Crippen LogP contribution in [-0.4, -0.2) is 16.0 Å². The van der Waals surface area contributed by atoms with Gasteiger partial charge in [0.05, 0.1) is 5.39 Å². The van der Waals surface area contributed by atoms with E-state index in [4.69, 9.17) is 5.84 Å². The molecule has 0 bridgehead atoms. The maximum absolute atomic E-state index is 5.37. The van der Waals surface area contributed by atoms with Crippen molar-refractivity contribution in [3.05, 3.63) is 11.4 Å². The molecule has 0 saturated heterocycles. The van der Waals surface area contributed by atoms with E-state index in [0.29, 0.717) is 12.0 Å². The summed E-state index contributed by atoms with van der Waals surface area (Å²) in [6, 6.07) is 2.42.